The summed E-state index contributed by atoms with van der Waals surface area (Å²) in [6, 6.07) is 0. The highest BCUT2D eigenvalue weighted by Crippen LogP contribution is 2.55. The van der Waals surface area contributed by atoms with E-state index in [1.165, 1.54) is 25.4 Å². The van der Waals surface area contributed by atoms with Crippen molar-refractivity contribution in [1.29, 1.82) is 0 Å². The molecule has 2 aliphatic rings. The summed E-state index contributed by atoms with van der Waals surface area (Å²) in [5, 5.41) is 0. The summed E-state index contributed by atoms with van der Waals surface area (Å²) in [6.45, 7) is 4.09. The van der Waals surface area contributed by atoms with Crippen LogP contribution in [-0.4, -0.2) is 26.2 Å². The topological polar surface area (TPSA) is 52.6 Å². The Morgan fingerprint density at radius 1 is 0.941 bits per heavy atom. The lowest BCUT2D eigenvalue weighted by Gasteiger charge is -2.28. The SMILES string of the molecule is COC(=O)C1C2CC(C(C)=C2C)C1C(=O)OC. The second-order valence-electron chi connectivity index (χ2n) is 4.91. The first-order valence-corrected chi connectivity index (χ1v) is 5.85. The number of fused-ring (bicyclic) bond motifs is 2. The summed E-state index contributed by atoms with van der Waals surface area (Å²) in [6.07, 6.45) is 0.872. The normalized spacial score (nSPS) is 35.1. The fraction of sp³-hybridized carbons (Fsp3) is 0.692. The molecule has 0 aliphatic heterocycles. The first kappa shape index (κ1) is 12.1. The molecule has 0 saturated heterocycles. The summed E-state index contributed by atoms with van der Waals surface area (Å²) >= 11 is 0. The molecule has 0 aromatic rings. The number of carbonyl (C=O) groups is 2. The summed E-state index contributed by atoms with van der Waals surface area (Å²) in [4.78, 5) is 23.7. The van der Waals surface area contributed by atoms with Gasteiger partial charge in [0.25, 0.3) is 0 Å². The molecule has 0 amide bonds. The van der Waals surface area contributed by atoms with Crippen LogP contribution in [0.2, 0.25) is 0 Å². The molecule has 2 rings (SSSR count). The van der Waals surface area contributed by atoms with Crippen LogP contribution in [0.3, 0.4) is 0 Å². The van der Waals surface area contributed by atoms with Crippen molar-refractivity contribution in [2.45, 2.75) is 20.3 Å². The minimum Gasteiger partial charge on any atom is -0.469 e. The number of carbonyl (C=O) groups excluding carboxylic acids is 2. The van der Waals surface area contributed by atoms with Crippen molar-refractivity contribution in [2.24, 2.45) is 23.7 Å². The molecule has 4 atom stereocenters. The van der Waals surface area contributed by atoms with Gasteiger partial charge in [-0.1, -0.05) is 11.1 Å². The smallest absolute Gasteiger partial charge is 0.310 e. The molecule has 0 heterocycles. The maximum absolute atomic E-state index is 11.8. The minimum absolute atomic E-state index is 0.150. The molecule has 4 heteroatoms. The Balaban J connectivity index is 2.37. The van der Waals surface area contributed by atoms with Gasteiger partial charge in [-0.2, -0.15) is 0 Å². The minimum atomic E-state index is -0.360. The number of hydrogen-bond acceptors (Lipinski definition) is 4. The second-order valence-corrected chi connectivity index (χ2v) is 4.91. The number of allylic oxidation sites excluding steroid dienone is 2. The van der Waals surface area contributed by atoms with E-state index in [9.17, 15) is 9.59 Å². The fourth-order valence-electron chi connectivity index (χ4n) is 3.44. The van der Waals surface area contributed by atoms with E-state index in [0.29, 0.717) is 0 Å². The quantitative estimate of drug-likeness (QED) is 0.541. The lowest BCUT2D eigenvalue weighted by atomic mass is 9.76. The van der Waals surface area contributed by atoms with Crippen molar-refractivity contribution in [1.82, 2.24) is 0 Å². The van der Waals surface area contributed by atoms with Crippen molar-refractivity contribution in [3.63, 3.8) is 0 Å². The van der Waals surface area contributed by atoms with E-state index < -0.39 is 0 Å². The van der Waals surface area contributed by atoms with Crippen molar-refractivity contribution in [2.75, 3.05) is 14.2 Å². The molecule has 2 bridgehead atoms. The van der Waals surface area contributed by atoms with Crippen LogP contribution in [0.15, 0.2) is 11.1 Å². The van der Waals surface area contributed by atoms with Crippen molar-refractivity contribution >= 4 is 11.9 Å². The third kappa shape index (κ3) is 1.58. The summed E-state index contributed by atoms with van der Waals surface area (Å²) in [5.74, 6) is -1.00. The molecule has 4 unspecified atom stereocenters. The zero-order valence-corrected chi connectivity index (χ0v) is 10.6. The van der Waals surface area contributed by atoms with Gasteiger partial charge in [-0.3, -0.25) is 9.59 Å². The summed E-state index contributed by atoms with van der Waals surface area (Å²) < 4.78 is 9.65. The van der Waals surface area contributed by atoms with Crippen molar-refractivity contribution < 1.29 is 19.1 Å². The Morgan fingerprint density at radius 3 is 1.59 bits per heavy atom. The van der Waals surface area contributed by atoms with Crippen LogP contribution >= 0.6 is 0 Å². The first-order valence-electron chi connectivity index (χ1n) is 5.85. The second kappa shape index (κ2) is 4.17. The van der Waals surface area contributed by atoms with E-state index in [0.717, 1.165) is 6.42 Å². The molecule has 0 radical (unpaired) electrons. The summed E-state index contributed by atoms with van der Waals surface area (Å²) in [5.41, 5.74) is 2.48. The molecule has 1 fully saturated rings. The van der Waals surface area contributed by atoms with Gasteiger partial charge in [0, 0.05) is 0 Å². The van der Waals surface area contributed by atoms with Crippen molar-refractivity contribution in [3.8, 4) is 0 Å². The lowest BCUT2D eigenvalue weighted by Crippen LogP contribution is -2.36. The molecule has 17 heavy (non-hydrogen) atoms. The molecule has 0 spiro atoms. The van der Waals surface area contributed by atoms with Crippen LogP contribution < -0.4 is 0 Å². The number of rotatable bonds is 2. The van der Waals surface area contributed by atoms with Gasteiger partial charge < -0.3 is 9.47 Å². The van der Waals surface area contributed by atoms with E-state index in [1.807, 2.05) is 13.8 Å². The highest BCUT2D eigenvalue weighted by atomic mass is 16.5. The Kier molecular flexibility index (Phi) is 2.98. The average Bonchev–Trinajstić information content (AvgIpc) is 2.85. The Hall–Kier alpha value is -1.32. The molecule has 94 valence electrons. The maximum Gasteiger partial charge on any atom is 0.310 e. The van der Waals surface area contributed by atoms with Crippen LogP contribution in [0.4, 0.5) is 0 Å². The predicted molar refractivity (Wildman–Crippen MR) is 61.0 cm³/mol. The van der Waals surface area contributed by atoms with Crippen molar-refractivity contribution in [3.05, 3.63) is 11.1 Å². The van der Waals surface area contributed by atoms with Crippen LogP contribution in [0.25, 0.3) is 0 Å². The maximum atomic E-state index is 11.8. The van der Waals surface area contributed by atoms with E-state index in [1.54, 1.807) is 0 Å². The largest absolute Gasteiger partial charge is 0.469 e. The predicted octanol–water partition coefficient (Wildman–Crippen LogP) is 1.55. The Bertz CT molecular complexity index is 360. The van der Waals surface area contributed by atoms with Crippen LogP contribution in [-0.2, 0) is 19.1 Å². The number of hydrogen-bond donors (Lipinski definition) is 0. The van der Waals surface area contributed by atoms with Crippen LogP contribution in [0.1, 0.15) is 20.3 Å². The third-order valence-corrected chi connectivity index (χ3v) is 4.44. The standard InChI is InChI=1S/C13H18O4/c1-6-7(2)9-5-8(6)10(12(14)16-3)11(9)13(15)17-4/h8-11H,5H2,1-4H3. The molecular weight excluding hydrogens is 220 g/mol. The molecule has 0 aromatic heterocycles. The zero-order valence-electron chi connectivity index (χ0n) is 10.6. The van der Waals surface area contributed by atoms with Crippen LogP contribution in [0.5, 0.6) is 0 Å². The Labute approximate surface area is 101 Å². The van der Waals surface area contributed by atoms with E-state index >= 15 is 0 Å². The summed E-state index contributed by atoms with van der Waals surface area (Å²) in [7, 11) is 2.74. The lowest BCUT2D eigenvalue weighted by molar-refractivity contribution is -0.158. The molecule has 1 saturated carbocycles. The van der Waals surface area contributed by atoms with Gasteiger partial charge in [0.15, 0.2) is 0 Å². The van der Waals surface area contributed by atoms with Gasteiger partial charge in [0.05, 0.1) is 26.1 Å². The first-order chi connectivity index (χ1) is 8.02. The number of methoxy groups -OCH3 is 2. The zero-order chi connectivity index (χ0) is 12.7. The van der Waals surface area contributed by atoms with Gasteiger partial charge in [0.1, 0.15) is 0 Å². The highest BCUT2D eigenvalue weighted by Gasteiger charge is 2.56. The van der Waals surface area contributed by atoms with E-state index in [-0.39, 0.29) is 35.6 Å². The van der Waals surface area contributed by atoms with Gasteiger partial charge >= 0.3 is 11.9 Å². The van der Waals surface area contributed by atoms with Gasteiger partial charge in [-0.05, 0) is 32.1 Å². The highest BCUT2D eigenvalue weighted by molar-refractivity contribution is 5.85. The average molecular weight is 238 g/mol. The van der Waals surface area contributed by atoms with Gasteiger partial charge in [-0.25, -0.2) is 0 Å². The molecule has 2 aliphatic carbocycles. The monoisotopic (exact) mass is 238 g/mol. The van der Waals surface area contributed by atoms with E-state index in [4.69, 9.17) is 9.47 Å². The molecular formula is C13H18O4. The van der Waals surface area contributed by atoms with Gasteiger partial charge in [0.2, 0.25) is 0 Å². The van der Waals surface area contributed by atoms with Gasteiger partial charge in [-0.15, -0.1) is 0 Å². The number of esters is 2. The molecule has 4 nitrogen and oxygen atoms in total. The molecule has 0 N–H and O–H groups in total. The fourth-order valence-corrected chi connectivity index (χ4v) is 3.44. The third-order valence-electron chi connectivity index (χ3n) is 4.44. The molecule has 0 aromatic carbocycles. The Morgan fingerprint density at radius 2 is 1.29 bits per heavy atom. The number of ether oxygens (including phenoxy) is 2. The van der Waals surface area contributed by atoms with E-state index in [2.05, 4.69) is 0 Å². The van der Waals surface area contributed by atoms with Crippen LogP contribution in [0, 0.1) is 23.7 Å².